The summed E-state index contributed by atoms with van der Waals surface area (Å²) < 4.78 is 0. The normalized spacial score (nSPS) is 31.6. The van der Waals surface area contributed by atoms with Crippen molar-refractivity contribution in [3.8, 4) is 0 Å². The zero-order chi connectivity index (χ0) is 13.2. The zero-order valence-electron chi connectivity index (χ0n) is 11.7. The summed E-state index contributed by atoms with van der Waals surface area (Å²) in [5.74, 6) is 0.0874. The number of hydrogen-bond acceptors (Lipinski definition) is 3. The van der Waals surface area contributed by atoms with Crippen LogP contribution in [0.15, 0.2) is 0 Å². The van der Waals surface area contributed by atoms with Crippen LogP contribution in [0.3, 0.4) is 0 Å². The first-order valence-electron chi connectivity index (χ1n) is 7.27. The van der Waals surface area contributed by atoms with Gasteiger partial charge in [-0.25, -0.2) is 0 Å². The van der Waals surface area contributed by atoms with Gasteiger partial charge in [0.15, 0.2) is 0 Å². The highest BCUT2D eigenvalue weighted by atomic mass is 16.2. The van der Waals surface area contributed by atoms with Crippen LogP contribution < -0.4 is 11.1 Å². The number of rotatable bonds is 3. The summed E-state index contributed by atoms with van der Waals surface area (Å²) in [6, 6.07) is 0.918. The molecule has 0 spiro atoms. The summed E-state index contributed by atoms with van der Waals surface area (Å²) in [5.41, 5.74) is 5.61. The number of hydrogen-bond donors (Lipinski definition) is 2. The van der Waals surface area contributed by atoms with Crippen LogP contribution in [0.4, 0.5) is 0 Å². The highest BCUT2D eigenvalue weighted by Gasteiger charge is 2.38. The summed E-state index contributed by atoms with van der Waals surface area (Å²) in [4.78, 5) is 14.5. The van der Waals surface area contributed by atoms with Gasteiger partial charge in [0.1, 0.15) is 0 Å². The van der Waals surface area contributed by atoms with Crippen molar-refractivity contribution < 1.29 is 4.79 Å². The average molecular weight is 253 g/mol. The van der Waals surface area contributed by atoms with E-state index in [0.717, 1.165) is 38.5 Å². The molecule has 0 heterocycles. The second-order valence-corrected chi connectivity index (χ2v) is 6.32. The minimum absolute atomic E-state index is 0.0874. The maximum absolute atomic E-state index is 12.3. The fraction of sp³-hybridized carbons (Fsp3) is 0.929. The minimum Gasteiger partial charge on any atom is -0.352 e. The van der Waals surface area contributed by atoms with Gasteiger partial charge >= 0.3 is 0 Å². The summed E-state index contributed by atoms with van der Waals surface area (Å²) in [7, 11) is 4.24. The molecule has 2 atom stereocenters. The molecule has 2 aliphatic rings. The third-order valence-electron chi connectivity index (χ3n) is 4.66. The number of nitrogens with zero attached hydrogens (tertiary/aromatic N) is 1. The van der Waals surface area contributed by atoms with Gasteiger partial charge in [0.25, 0.3) is 0 Å². The summed E-state index contributed by atoms with van der Waals surface area (Å²) in [6.07, 6.45) is 8.49. The summed E-state index contributed by atoms with van der Waals surface area (Å²) in [6.45, 7) is 0. The predicted octanol–water partition coefficient (Wildman–Crippen LogP) is 1.25. The Morgan fingerprint density at radius 1 is 1.22 bits per heavy atom. The van der Waals surface area contributed by atoms with E-state index in [-0.39, 0.29) is 5.91 Å². The van der Waals surface area contributed by atoms with E-state index in [0.29, 0.717) is 12.1 Å². The highest BCUT2D eigenvalue weighted by molar-refractivity contribution is 5.86. The Kier molecular flexibility index (Phi) is 4.28. The SMILES string of the molecule is CN(C)C1CCCC(NC(=O)C2(N)CCCC2)C1. The fourth-order valence-electron chi connectivity index (χ4n) is 3.33. The Morgan fingerprint density at radius 3 is 2.50 bits per heavy atom. The van der Waals surface area contributed by atoms with E-state index < -0.39 is 5.54 Å². The van der Waals surface area contributed by atoms with Gasteiger partial charge in [-0.05, 0) is 52.6 Å². The topological polar surface area (TPSA) is 58.4 Å². The third-order valence-corrected chi connectivity index (χ3v) is 4.66. The molecule has 4 heteroatoms. The van der Waals surface area contributed by atoms with Crippen molar-refractivity contribution in [2.75, 3.05) is 14.1 Å². The predicted molar refractivity (Wildman–Crippen MR) is 73.3 cm³/mol. The van der Waals surface area contributed by atoms with E-state index in [1.165, 1.54) is 12.8 Å². The van der Waals surface area contributed by atoms with E-state index in [9.17, 15) is 4.79 Å². The quantitative estimate of drug-likeness (QED) is 0.796. The van der Waals surface area contributed by atoms with Crippen molar-refractivity contribution in [1.29, 1.82) is 0 Å². The van der Waals surface area contributed by atoms with Gasteiger partial charge in [0.05, 0.1) is 5.54 Å². The highest BCUT2D eigenvalue weighted by Crippen LogP contribution is 2.28. The van der Waals surface area contributed by atoms with Crippen LogP contribution in [-0.2, 0) is 4.79 Å². The Morgan fingerprint density at radius 2 is 1.89 bits per heavy atom. The molecule has 1 amide bonds. The van der Waals surface area contributed by atoms with E-state index in [1.54, 1.807) is 0 Å². The molecule has 4 nitrogen and oxygen atoms in total. The molecule has 0 aromatic carbocycles. The Balaban J connectivity index is 1.87. The molecule has 2 unspecified atom stereocenters. The average Bonchev–Trinajstić information content (AvgIpc) is 2.78. The minimum atomic E-state index is -0.578. The van der Waals surface area contributed by atoms with Gasteiger partial charge < -0.3 is 16.0 Å². The Bertz CT molecular complexity index is 297. The first-order chi connectivity index (χ1) is 8.51. The second-order valence-electron chi connectivity index (χ2n) is 6.32. The Labute approximate surface area is 110 Å². The number of nitrogens with one attached hydrogen (secondary N) is 1. The van der Waals surface area contributed by atoms with Crippen molar-refractivity contribution in [3.63, 3.8) is 0 Å². The van der Waals surface area contributed by atoms with Crippen LogP contribution in [0.5, 0.6) is 0 Å². The fourth-order valence-corrected chi connectivity index (χ4v) is 3.33. The number of carbonyl (C=O) groups is 1. The van der Waals surface area contributed by atoms with Crippen LogP contribution in [0.2, 0.25) is 0 Å². The molecule has 2 saturated carbocycles. The molecule has 0 saturated heterocycles. The molecule has 0 bridgehead atoms. The molecule has 0 aromatic heterocycles. The first kappa shape index (κ1) is 13.8. The number of amides is 1. The van der Waals surface area contributed by atoms with E-state index in [2.05, 4.69) is 24.3 Å². The molecule has 104 valence electrons. The molecule has 2 aliphatic carbocycles. The zero-order valence-corrected chi connectivity index (χ0v) is 11.7. The van der Waals surface area contributed by atoms with Gasteiger partial charge in [-0.2, -0.15) is 0 Å². The standard InChI is InChI=1S/C14H27N3O/c1-17(2)12-7-5-6-11(10-12)16-13(18)14(15)8-3-4-9-14/h11-12H,3-10,15H2,1-2H3,(H,16,18). The molecule has 0 aromatic rings. The van der Waals surface area contributed by atoms with Crippen molar-refractivity contribution >= 4 is 5.91 Å². The van der Waals surface area contributed by atoms with Crippen LogP contribution >= 0.6 is 0 Å². The van der Waals surface area contributed by atoms with E-state index >= 15 is 0 Å². The molecule has 3 N–H and O–H groups in total. The van der Waals surface area contributed by atoms with Crippen LogP contribution in [0.1, 0.15) is 51.4 Å². The first-order valence-corrected chi connectivity index (χ1v) is 7.27. The smallest absolute Gasteiger partial charge is 0.240 e. The molecular weight excluding hydrogens is 226 g/mol. The Hall–Kier alpha value is -0.610. The maximum atomic E-state index is 12.3. The third kappa shape index (κ3) is 3.04. The van der Waals surface area contributed by atoms with Crippen LogP contribution in [0.25, 0.3) is 0 Å². The van der Waals surface area contributed by atoms with Gasteiger partial charge in [0.2, 0.25) is 5.91 Å². The van der Waals surface area contributed by atoms with Crippen molar-refractivity contribution in [3.05, 3.63) is 0 Å². The monoisotopic (exact) mass is 253 g/mol. The van der Waals surface area contributed by atoms with E-state index in [4.69, 9.17) is 5.73 Å². The van der Waals surface area contributed by atoms with Gasteiger partial charge in [-0.15, -0.1) is 0 Å². The lowest BCUT2D eigenvalue weighted by Gasteiger charge is -2.35. The van der Waals surface area contributed by atoms with Gasteiger partial charge in [0, 0.05) is 12.1 Å². The summed E-state index contributed by atoms with van der Waals surface area (Å²) >= 11 is 0. The van der Waals surface area contributed by atoms with E-state index in [1.807, 2.05) is 0 Å². The number of nitrogens with two attached hydrogens (primary N) is 1. The molecule has 0 radical (unpaired) electrons. The van der Waals surface area contributed by atoms with Crippen LogP contribution in [-0.4, -0.2) is 42.5 Å². The molecule has 2 fully saturated rings. The van der Waals surface area contributed by atoms with Gasteiger partial charge in [-0.1, -0.05) is 12.8 Å². The van der Waals surface area contributed by atoms with Crippen molar-refractivity contribution in [2.45, 2.75) is 69.0 Å². The van der Waals surface area contributed by atoms with Crippen LogP contribution in [0, 0.1) is 0 Å². The second kappa shape index (κ2) is 5.57. The van der Waals surface area contributed by atoms with Crippen molar-refractivity contribution in [2.24, 2.45) is 5.73 Å². The molecule has 0 aliphatic heterocycles. The number of carbonyl (C=O) groups excluding carboxylic acids is 1. The lowest BCUT2D eigenvalue weighted by molar-refractivity contribution is -0.127. The molecule has 18 heavy (non-hydrogen) atoms. The van der Waals surface area contributed by atoms with Crippen molar-refractivity contribution in [1.82, 2.24) is 10.2 Å². The largest absolute Gasteiger partial charge is 0.352 e. The van der Waals surface area contributed by atoms with Gasteiger partial charge in [-0.3, -0.25) is 4.79 Å². The lowest BCUT2D eigenvalue weighted by atomic mass is 9.89. The maximum Gasteiger partial charge on any atom is 0.240 e. The summed E-state index contributed by atoms with van der Waals surface area (Å²) in [5, 5.41) is 3.20. The molecular formula is C14H27N3O. The lowest BCUT2D eigenvalue weighted by Crippen LogP contribution is -2.55. The molecule has 2 rings (SSSR count).